The lowest BCUT2D eigenvalue weighted by Gasteiger charge is -2.29. The predicted molar refractivity (Wildman–Crippen MR) is 131 cm³/mol. The molecule has 3 rings (SSSR count). The number of nitriles is 1. The number of nitro groups is 1. The maximum absolute atomic E-state index is 13.2. The molecule has 37 heavy (non-hydrogen) atoms. The van der Waals surface area contributed by atoms with Gasteiger partial charge in [-0.15, -0.1) is 0 Å². The number of nitro benzene ring substituents is 1. The number of halogens is 1. The van der Waals surface area contributed by atoms with Crippen LogP contribution in [-0.4, -0.2) is 57.5 Å². The monoisotopic (exact) mass is 527 g/mol. The van der Waals surface area contributed by atoms with E-state index in [0.717, 1.165) is 17.0 Å². The van der Waals surface area contributed by atoms with E-state index in [9.17, 15) is 25.0 Å². The fraction of sp³-hybridized carbons (Fsp3) is 0.292. The molecule has 0 N–H and O–H groups in total. The normalized spacial score (nSPS) is 12.3. The summed E-state index contributed by atoms with van der Waals surface area (Å²) < 4.78 is 16.5. The van der Waals surface area contributed by atoms with E-state index in [-0.39, 0.29) is 31.4 Å². The Bertz CT molecular complexity index is 1390. The number of ether oxygens (including phenoxy) is 3. The van der Waals surface area contributed by atoms with E-state index in [0.29, 0.717) is 16.1 Å². The second kappa shape index (κ2) is 11.6. The van der Waals surface area contributed by atoms with Crippen molar-refractivity contribution < 1.29 is 28.7 Å². The van der Waals surface area contributed by atoms with Crippen LogP contribution in [0.3, 0.4) is 0 Å². The fourth-order valence-corrected chi connectivity index (χ4v) is 3.42. The van der Waals surface area contributed by atoms with Crippen molar-refractivity contribution >= 4 is 40.0 Å². The highest BCUT2D eigenvalue weighted by Crippen LogP contribution is 2.36. The highest BCUT2D eigenvalue weighted by atomic mass is 35.5. The number of likely N-dealkylation sites (N-methyl/N-ethyl adjacent to an activating group) is 1. The van der Waals surface area contributed by atoms with Gasteiger partial charge in [0.25, 0.3) is 5.91 Å². The third kappa shape index (κ3) is 5.91. The van der Waals surface area contributed by atoms with Crippen molar-refractivity contribution in [3.05, 3.63) is 57.7 Å². The zero-order valence-corrected chi connectivity index (χ0v) is 20.9. The van der Waals surface area contributed by atoms with Crippen molar-refractivity contribution in [2.75, 3.05) is 20.4 Å². The van der Waals surface area contributed by atoms with Gasteiger partial charge in [-0.05, 0) is 31.2 Å². The fourth-order valence-electron chi connectivity index (χ4n) is 3.25. The SMILES string of the molecule is CCOCN(C)C(=O)C(C#N)(Oc1cc(Oc2cnc3cc(Cl)ccc3n2)ccc1[N+](=O)[O-])C(=O)CC. The molecule has 0 aliphatic rings. The van der Waals surface area contributed by atoms with Crippen LogP contribution in [0.2, 0.25) is 5.02 Å². The summed E-state index contributed by atoms with van der Waals surface area (Å²) in [5.74, 6) is -2.37. The van der Waals surface area contributed by atoms with Gasteiger partial charge in [0.15, 0.2) is 0 Å². The van der Waals surface area contributed by atoms with E-state index in [2.05, 4.69) is 9.97 Å². The number of hydrogen-bond acceptors (Lipinski definition) is 10. The van der Waals surface area contributed by atoms with Crippen molar-refractivity contribution in [2.45, 2.75) is 25.9 Å². The molecule has 0 aliphatic carbocycles. The number of carbonyl (C=O) groups excluding carboxylic acids is 2. The lowest BCUT2D eigenvalue weighted by molar-refractivity contribution is -0.386. The van der Waals surface area contributed by atoms with E-state index < -0.39 is 33.7 Å². The predicted octanol–water partition coefficient (Wildman–Crippen LogP) is 4.06. The standard InChI is InChI=1S/C24H22ClN5O7/c1-4-21(31)24(13-26,23(32)29(3)14-35-5-2)37-20-11-16(7-9-19(20)30(33)34)36-22-12-27-18-10-15(25)6-8-17(18)28-22/h6-12H,4-5,14H2,1-3H3. The number of ketones is 1. The van der Waals surface area contributed by atoms with Gasteiger partial charge in [-0.1, -0.05) is 18.5 Å². The maximum atomic E-state index is 13.2. The van der Waals surface area contributed by atoms with Crippen LogP contribution in [-0.2, 0) is 14.3 Å². The topological polar surface area (TPSA) is 158 Å². The molecule has 2 aromatic carbocycles. The Morgan fingerprint density at radius 1 is 1.22 bits per heavy atom. The Hall–Kier alpha value is -4.34. The molecular weight excluding hydrogens is 506 g/mol. The van der Waals surface area contributed by atoms with Crippen LogP contribution in [0, 0.1) is 21.4 Å². The molecule has 1 aromatic heterocycles. The molecule has 0 spiro atoms. The molecule has 0 aliphatic heterocycles. The summed E-state index contributed by atoms with van der Waals surface area (Å²) in [5.41, 5.74) is -2.26. The molecule has 192 valence electrons. The van der Waals surface area contributed by atoms with Crippen LogP contribution >= 0.6 is 11.6 Å². The summed E-state index contributed by atoms with van der Waals surface area (Å²) in [5, 5.41) is 22.1. The number of Topliss-reactive ketones (excluding diaryl/α,β-unsaturated/α-hetero) is 1. The van der Waals surface area contributed by atoms with Gasteiger partial charge in [-0.3, -0.25) is 19.7 Å². The average molecular weight is 528 g/mol. The minimum absolute atomic E-state index is 0.0223. The number of aromatic nitrogens is 2. The molecule has 0 saturated carbocycles. The highest BCUT2D eigenvalue weighted by Gasteiger charge is 2.51. The van der Waals surface area contributed by atoms with Crippen molar-refractivity contribution in [1.82, 2.24) is 14.9 Å². The average Bonchev–Trinajstić information content (AvgIpc) is 2.89. The first kappa shape index (κ1) is 27.3. The number of amides is 1. The molecular formula is C24H22ClN5O7. The molecule has 1 unspecified atom stereocenters. The van der Waals surface area contributed by atoms with Crippen molar-refractivity contribution in [1.29, 1.82) is 5.26 Å². The Morgan fingerprint density at radius 3 is 2.62 bits per heavy atom. The molecule has 1 amide bonds. The Morgan fingerprint density at radius 2 is 1.97 bits per heavy atom. The number of rotatable bonds is 11. The molecule has 1 atom stereocenters. The van der Waals surface area contributed by atoms with Gasteiger partial charge < -0.3 is 19.1 Å². The third-order valence-corrected chi connectivity index (χ3v) is 5.34. The maximum Gasteiger partial charge on any atom is 0.330 e. The Labute approximate surface area is 216 Å². The molecule has 0 saturated heterocycles. The molecule has 3 aromatic rings. The Balaban J connectivity index is 2.02. The molecule has 0 fully saturated rings. The Kier molecular flexibility index (Phi) is 8.54. The van der Waals surface area contributed by atoms with Crippen LogP contribution in [0.15, 0.2) is 42.6 Å². The molecule has 12 nitrogen and oxygen atoms in total. The number of benzene rings is 2. The van der Waals surface area contributed by atoms with Gasteiger partial charge in [0, 0.05) is 37.2 Å². The quantitative estimate of drug-likeness (QED) is 0.154. The van der Waals surface area contributed by atoms with Gasteiger partial charge >= 0.3 is 11.3 Å². The summed E-state index contributed by atoms with van der Waals surface area (Å²) in [7, 11) is 1.32. The van der Waals surface area contributed by atoms with Crippen LogP contribution in [0.1, 0.15) is 20.3 Å². The smallest absolute Gasteiger partial charge is 0.330 e. The summed E-state index contributed by atoms with van der Waals surface area (Å²) >= 11 is 5.96. The van der Waals surface area contributed by atoms with E-state index in [1.54, 1.807) is 31.2 Å². The summed E-state index contributed by atoms with van der Waals surface area (Å²) in [6.45, 7) is 3.19. The van der Waals surface area contributed by atoms with Gasteiger partial charge in [0.2, 0.25) is 17.4 Å². The lowest BCUT2D eigenvalue weighted by atomic mass is 9.96. The second-order valence-electron chi connectivity index (χ2n) is 7.63. The molecule has 1 heterocycles. The van der Waals surface area contributed by atoms with Gasteiger partial charge in [0.1, 0.15) is 18.5 Å². The van der Waals surface area contributed by atoms with Crippen LogP contribution in [0.4, 0.5) is 5.69 Å². The first-order chi connectivity index (χ1) is 17.6. The minimum atomic E-state index is -2.69. The van der Waals surface area contributed by atoms with Gasteiger partial charge in [-0.25, -0.2) is 9.97 Å². The summed E-state index contributed by atoms with van der Waals surface area (Å²) in [6.07, 6.45) is 1.08. The summed E-state index contributed by atoms with van der Waals surface area (Å²) in [4.78, 5) is 46.4. The van der Waals surface area contributed by atoms with Crippen molar-refractivity contribution in [2.24, 2.45) is 0 Å². The summed E-state index contributed by atoms with van der Waals surface area (Å²) in [6, 6.07) is 9.94. The first-order valence-corrected chi connectivity index (χ1v) is 11.4. The number of nitrogens with zero attached hydrogens (tertiary/aromatic N) is 5. The number of carbonyl (C=O) groups is 2. The van der Waals surface area contributed by atoms with Crippen LogP contribution in [0.25, 0.3) is 11.0 Å². The number of hydrogen-bond donors (Lipinski definition) is 0. The van der Waals surface area contributed by atoms with Gasteiger partial charge in [0.05, 0.1) is 22.2 Å². The minimum Gasteiger partial charge on any atom is -0.449 e. The molecule has 13 heteroatoms. The molecule has 0 radical (unpaired) electrons. The number of fused-ring (bicyclic) bond motifs is 1. The van der Waals surface area contributed by atoms with Crippen LogP contribution < -0.4 is 9.47 Å². The largest absolute Gasteiger partial charge is 0.449 e. The second-order valence-corrected chi connectivity index (χ2v) is 8.06. The van der Waals surface area contributed by atoms with E-state index >= 15 is 0 Å². The zero-order chi connectivity index (χ0) is 27.2. The molecule has 0 bridgehead atoms. The third-order valence-electron chi connectivity index (χ3n) is 5.10. The van der Waals surface area contributed by atoms with E-state index in [1.807, 2.05) is 0 Å². The highest BCUT2D eigenvalue weighted by molar-refractivity contribution is 6.31. The van der Waals surface area contributed by atoms with E-state index in [1.165, 1.54) is 26.2 Å². The van der Waals surface area contributed by atoms with Crippen molar-refractivity contribution in [3.63, 3.8) is 0 Å². The van der Waals surface area contributed by atoms with Crippen molar-refractivity contribution in [3.8, 4) is 23.4 Å². The zero-order valence-electron chi connectivity index (χ0n) is 20.1. The van der Waals surface area contributed by atoms with Gasteiger partial charge in [-0.2, -0.15) is 5.26 Å². The van der Waals surface area contributed by atoms with Crippen LogP contribution in [0.5, 0.6) is 17.4 Å². The van der Waals surface area contributed by atoms with E-state index in [4.69, 9.17) is 25.8 Å². The lowest BCUT2D eigenvalue weighted by Crippen LogP contribution is -2.56. The first-order valence-electron chi connectivity index (χ1n) is 11.0.